The van der Waals surface area contributed by atoms with E-state index in [0.717, 1.165) is 4.57 Å². The van der Waals surface area contributed by atoms with Crippen LogP contribution in [0.25, 0.3) is 0 Å². The lowest BCUT2D eigenvalue weighted by molar-refractivity contribution is 0.105. The lowest BCUT2D eigenvalue weighted by Gasteiger charge is -2.07. The average molecular weight is 279 g/mol. The maximum atomic E-state index is 13.2. The van der Waals surface area contributed by atoms with Gasteiger partial charge in [-0.1, -0.05) is 25.4 Å². The van der Waals surface area contributed by atoms with E-state index in [0.29, 0.717) is 25.6 Å². The van der Waals surface area contributed by atoms with Crippen molar-refractivity contribution in [3.63, 3.8) is 0 Å². The van der Waals surface area contributed by atoms with Crippen molar-refractivity contribution in [3.8, 4) is 0 Å². The number of nitrogens with zero attached hydrogens (tertiary/aromatic N) is 1. The molecule has 0 aliphatic carbocycles. The molecule has 1 N–H and O–H groups in total. The summed E-state index contributed by atoms with van der Waals surface area (Å²) >= 11 is 5.34. The highest BCUT2D eigenvalue weighted by Crippen LogP contribution is 2.02. The molecule has 0 aliphatic rings. The molecule has 0 aliphatic heterocycles. The van der Waals surface area contributed by atoms with Crippen LogP contribution in [0, 0.1) is 11.7 Å². The first-order valence-electron chi connectivity index (χ1n) is 5.69. The van der Waals surface area contributed by atoms with Crippen LogP contribution in [0.15, 0.2) is 9.59 Å². The third kappa shape index (κ3) is 3.96. The minimum atomic E-state index is -1.14. The number of hydrogen-bond acceptors (Lipinski definition) is 3. The molecule has 0 atom stereocenters. The number of aromatic amines is 1. The minimum Gasteiger partial charge on any atom is -0.381 e. The SMILES string of the molecule is CC(C)COCCCn1c(=O)[nH]c(Cl)c(F)c1=O. The molecule has 0 spiro atoms. The molecule has 0 amide bonds. The van der Waals surface area contributed by atoms with E-state index in [4.69, 9.17) is 16.3 Å². The van der Waals surface area contributed by atoms with E-state index in [1.54, 1.807) is 0 Å². The largest absolute Gasteiger partial charge is 0.381 e. The van der Waals surface area contributed by atoms with Gasteiger partial charge in [0.15, 0.2) is 5.15 Å². The zero-order chi connectivity index (χ0) is 13.7. The van der Waals surface area contributed by atoms with Crippen LogP contribution in [0.2, 0.25) is 5.15 Å². The Balaban J connectivity index is 2.61. The summed E-state index contributed by atoms with van der Waals surface area (Å²) in [4.78, 5) is 24.9. The maximum absolute atomic E-state index is 13.2. The van der Waals surface area contributed by atoms with Crippen LogP contribution in [0.3, 0.4) is 0 Å². The topological polar surface area (TPSA) is 64.1 Å². The van der Waals surface area contributed by atoms with E-state index >= 15 is 0 Å². The van der Waals surface area contributed by atoms with Gasteiger partial charge in [-0.15, -0.1) is 0 Å². The molecule has 0 radical (unpaired) electrons. The van der Waals surface area contributed by atoms with Crippen LogP contribution in [0.1, 0.15) is 20.3 Å². The molecule has 102 valence electrons. The summed E-state index contributed by atoms with van der Waals surface area (Å²) in [6, 6.07) is 0. The van der Waals surface area contributed by atoms with E-state index < -0.39 is 22.2 Å². The van der Waals surface area contributed by atoms with Gasteiger partial charge in [0.25, 0.3) is 5.56 Å². The third-order valence-corrected chi connectivity index (χ3v) is 2.47. The molecule has 1 rings (SSSR count). The fourth-order valence-corrected chi connectivity index (χ4v) is 1.53. The number of ether oxygens (including phenoxy) is 1. The summed E-state index contributed by atoms with van der Waals surface area (Å²) in [5, 5.41) is -0.558. The molecular weight excluding hydrogens is 263 g/mol. The number of aromatic nitrogens is 2. The van der Waals surface area contributed by atoms with Gasteiger partial charge in [0.1, 0.15) is 0 Å². The maximum Gasteiger partial charge on any atom is 0.329 e. The van der Waals surface area contributed by atoms with Crippen LogP contribution in [0.4, 0.5) is 4.39 Å². The first-order valence-corrected chi connectivity index (χ1v) is 6.07. The number of nitrogens with one attached hydrogen (secondary N) is 1. The van der Waals surface area contributed by atoms with Gasteiger partial charge < -0.3 is 4.74 Å². The van der Waals surface area contributed by atoms with Gasteiger partial charge in [0, 0.05) is 19.8 Å². The molecule has 0 unspecified atom stereocenters. The summed E-state index contributed by atoms with van der Waals surface area (Å²) < 4.78 is 19.3. The van der Waals surface area contributed by atoms with Gasteiger partial charge in [-0.05, 0) is 12.3 Å². The van der Waals surface area contributed by atoms with E-state index in [1.165, 1.54) is 0 Å². The van der Waals surface area contributed by atoms with Crippen molar-refractivity contribution in [2.45, 2.75) is 26.8 Å². The van der Waals surface area contributed by atoms with E-state index in [1.807, 2.05) is 13.8 Å². The molecule has 5 nitrogen and oxygen atoms in total. The van der Waals surface area contributed by atoms with Crippen LogP contribution in [-0.2, 0) is 11.3 Å². The monoisotopic (exact) mass is 278 g/mol. The summed E-state index contributed by atoms with van der Waals surface area (Å²) in [5.41, 5.74) is -1.72. The Hall–Kier alpha value is -1.14. The zero-order valence-electron chi connectivity index (χ0n) is 10.3. The predicted molar refractivity (Wildman–Crippen MR) is 66.6 cm³/mol. The van der Waals surface area contributed by atoms with Crippen molar-refractivity contribution in [1.82, 2.24) is 9.55 Å². The second kappa shape index (κ2) is 6.70. The molecule has 0 bridgehead atoms. The van der Waals surface area contributed by atoms with Gasteiger partial charge in [0.2, 0.25) is 5.82 Å². The molecule has 0 saturated carbocycles. The predicted octanol–water partition coefficient (Wildman–Crippen LogP) is 1.39. The van der Waals surface area contributed by atoms with Crippen molar-refractivity contribution in [1.29, 1.82) is 0 Å². The van der Waals surface area contributed by atoms with Gasteiger partial charge in [-0.2, -0.15) is 4.39 Å². The third-order valence-electron chi connectivity index (χ3n) is 2.21. The number of hydrogen-bond donors (Lipinski definition) is 1. The molecular formula is C11H16ClFN2O3. The summed E-state index contributed by atoms with van der Waals surface area (Å²) in [6.45, 7) is 5.16. The van der Waals surface area contributed by atoms with E-state index in [9.17, 15) is 14.0 Å². The first kappa shape index (κ1) is 14.9. The Morgan fingerprint density at radius 3 is 2.72 bits per heavy atom. The highest BCUT2D eigenvalue weighted by molar-refractivity contribution is 6.29. The smallest absolute Gasteiger partial charge is 0.329 e. The fraction of sp³-hybridized carbons (Fsp3) is 0.636. The fourth-order valence-electron chi connectivity index (χ4n) is 1.37. The molecule has 0 aromatic carbocycles. The summed E-state index contributed by atoms with van der Waals surface area (Å²) in [7, 11) is 0. The zero-order valence-corrected chi connectivity index (χ0v) is 11.1. The quantitative estimate of drug-likeness (QED) is 0.632. The Bertz CT molecular complexity index is 510. The standard InChI is InChI=1S/C11H16ClFN2O3/c1-7(2)6-18-5-3-4-15-10(16)8(13)9(12)14-11(15)17/h7H,3-6H2,1-2H3,(H,14,17). The average Bonchev–Trinajstić information content (AvgIpc) is 2.29. The minimum absolute atomic E-state index is 0.0976. The van der Waals surface area contributed by atoms with Crippen molar-refractivity contribution >= 4 is 11.6 Å². The van der Waals surface area contributed by atoms with Crippen molar-refractivity contribution in [3.05, 3.63) is 31.8 Å². The highest BCUT2D eigenvalue weighted by Gasteiger charge is 2.11. The van der Waals surface area contributed by atoms with Crippen molar-refractivity contribution in [2.75, 3.05) is 13.2 Å². The Morgan fingerprint density at radius 2 is 2.11 bits per heavy atom. The number of H-pyrrole nitrogens is 1. The molecule has 18 heavy (non-hydrogen) atoms. The van der Waals surface area contributed by atoms with Crippen LogP contribution in [-0.4, -0.2) is 22.8 Å². The molecule has 1 heterocycles. The first-order chi connectivity index (χ1) is 8.43. The number of rotatable bonds is 6. The Kier molecular flexibility index (Phi) is 5.55. The summed E-state index contributed by atoms with van der Waals surface area (Å²) in [6.07, 6.45) is 0.455. The van der Waals surface area contributed by atoms with Gasteiger partial charge in [-0.25, -0.2) is 4.79 Å². The van der Waals surface area contributed by atoms with Crippen LogP contribution in [0.5, 0.6) is 0 Å². The second-order valence-electron chi connectivity index (χ2n) is 4.34. The lowest BCUT2D eigenvalue weighted by Crippen LogP contribution is -2.37. The molecule has 0 fully saturated rings. The van der Waals surface area contributed by atoms with E-state index in [2.05, 4.69) is 4.98 Å². The highest BCUT2D eigenvalue weighted by atomic mass is 35.5. The molecule has 1 aromatic heterocycles. The van der Waals surface area contributed by atoms with Gasteiger partial charge in [-0.3, -0.25) is 14.3 Å². The normalized spacial score (nSPS) is 11.2. The molecule has 1 aromatic rings. The summed E-state index contributed by atoms with van der Waals surface area (Å²) in [5.74, 6) is -0.719. The molecule has 0 saturated heterocycles. The Morgan fingerprint density at radius 1 is 1.44 bits per heavy atom. The second-order valence-corrected chi connectivity index (χ2v) is 4.72. The van der Waals surface area contributed by atoms with Crippen molar-refractivity contribution < 1.29 is 9.13 Å². The lowest BCUT2D eigenvalue weighted by atomic mass is 10.2. The number of halogens is 2. The molecule has 7 heteroatoms. The van der Waals surface area contributed by atoms with Gasteiger partial charge in [0.05, 0.1) is 0 Å². The van der Waals surface area contributed by atoms with Crippen LogP contribution >= 0.6 is 11.6 Å². The van der Waals surface area contributed by atoms with Gasteiger partial charge >= 0.3 is 5.69 Å². The van der Waals surface area contributed by atoms with E-state index in [-0.39, 0.29) is 6.54 Å². The Labute approximate surface area is 109 Å². The van der Waals surface area contributed by atoms with Crippen molar-refractivity contribution in [2.24, 2.45) is 5.92 Å². The van der Waals surface area contributed by atoms with Crippen LogP contribution < -0.4 is 11.2 Å².